The third kappa shape index (κ3) is 5.45. The molecule has 2 rings (SSSR count). The van der Waals surface area contributed by atoms with E-state index in [4.69, 9.17) is 4.74 Å². The second-order valence-corrected chi connectivity index (χ2v) is 6.03. The van der Waals surface area contributed by atoms with Crippen LogP contribution in [0.4, 0.5) is 13.2 Å². The highest BCUT2D eigenvalue weighted by Gasteiger charge is 2.34. The predicted octanol–water partition coefficient (Wildman–Crippen LogP) is 2.49. The van der Waals surface area contributed by atoms with Crippen molar-refractivity contribution in [3.05, 3.63) is 35.4 Å². The Morgan fingerprint density at radius 3 is 2.48 bits per heavy atom. The van der Waals surface area contributed by atoms with Crippen molar-refractivity contribution in [2.75, 3.05) is 19.8 Å². The van der Waals surface area contributed by atoms with Crippen molar-refractivity contribution in [2.45, 2.75) is 25.4 Å². The van der Waals surface area contributed by atoms with Crippen LogP contribution in [-0.2, 0) is 26.9 Å². The van der Waals surface area contributed by atoms with Gasteiger partial charge in [0.1, 0.15) is 0 Å². The molecule has 1 heterocycles. The van der Waals surface area contributed by atoms with Gasteiger partial charge in [-0.15, -0.1) is 0 Å². The molecule has 0 bridgehead atoms. The molecule has 2 N–H and O–H groups in total. The number of carbonyl (C=O) groups excluding carboxylic acids is 1. The summed E-state index contributed by atoms with van der Waals surface area (Å²) < 4.78 is 44.0. The Hall–Kier alpha value is -2.09. The molecule has 1 saturated heterocycles. The maximum Gasteiger partial charge on any atom is 0.416 e. The van der Waals surface area contributed by atoms with Gasteiger partial charge in [0.25, 0.3) is 0 Å². The fourth-order valence-corrected chi connectivity index (χ4v) is 2.98. The molecular weight excluding hydrogens is 339 g/mol. The number of nitrogens with one attached hydrogen (secondary N) is 1. The Bertz CT molecular complexity index is 612. The Kier molecular flexibility index (Phi) is 6.41. The molecule has 0 saturated carbocycles. The minimum atomic E-state index is -4.54. The van der Waals surface area contributed by atoms with E-state index in [2.05, 4.69) is 5.32 Å². The quantitative estimate of drug-likeness (QED) is 0.818. The lowest BCUT2D eigenvalue weighted by atomic mass is 9.86. The third-order valence-electron chi connectivity index (χ3n) is 4.35. The molecule has 5 nitrogen and oxygen atoms in total. The molecule has 8 heteroatoms. The van der Waals surface area contributed by atoms with Crippen LogP contribution in [0.15, 0.2) is 24.3 Å². The van der Waals surface area contributed by atoms with E-state index in [0.29, 0.717) is 26.1 Å². The third-order valence-corrected chi connectivity index (χ3v) is 4.35. The first-order valence-corrected chi connectivity index (χ1v) is 8.01. The standard InChI is InChI=1S/C17H20F3NO4/c18-17(19,20)14-4-2-1-3-12(14)9-15(22)21-10-13(16(23)24)11-5-7-25-8-6-11/h1-4,11,13H,5-10H2,(H,21,22)(H,23,24). The zero-order valence-corrected chi connectivity index (χ0v) is 13.5. The van der Waals surface area contributed by atoms with E-state index in [-0.39, 0.29) is 18.0 Å². The Balaban J connectivity index is 1.97. The SMILES string of the molecule is O=C(Cc1ccccc1C(F)(F)F)NCC(C(=O)O)C1CCOCC1. The number of halogens is 3. The molecule has 1 aromatic carbocycles. The molecule has 1 unspecified atom stereocenters. The number of carboxylic acids is 1. The molecule has 1 atom stereocenters. The van der Waals surface area contributed by atoms with Crippen molar-refractivity contribution in [1.29, 1.82) is 0 Å². The number of alkyl halides is 3. The topological polar surface area (TPSA) is 75.6 Å². The van der Waals surface area contributed by atoms with Gasteiger partial charge in [0.2, 0.25) is 5.91 Å². The maximum atomic E-state index is 12.9. The molecule has 1 aliphatic rings. The number of carbonyl (C=O) groups is 2. The van der Waals surface area contributed by atoms with Crippen LogP contribution in [0.25, 0.3) is 0 Å². The molecule has 1 aliphatic heterocycles. The fraction of sp³-hybridized carbons (Fsp3) is 0.529. The van der Waals surface area contributed by atoms with Crippen LogP contribution in [0.1, 0.15) is 24.0 Å². The second kappa shape index (κ2) is 8.33. The second-order valence-electron chi connectivity index (χ2n) is 6.03. The van der Waals surface area contributed by atoms with Crippen molar-refractivity contribution in [3.63, 3.8) is 0 Å². The highest BCUT2D eigenvalue weighted by Crippen LogP contribution is 2.32. The summed E-state index contributed by atoms with van der Waals surface area (Å²) in [5, 5.41) is 11.8. The van der Waals surface area contributed by atoms with Gasteiger partial charge in [-0.05, 0) is 30.4 Å². The molecular formula is C17H20F3NO4. The van der Waals surface area contributed by atoms with Gasteiger partial charge in [0.05, 0.1) is 17.9 Å². The molecule has 0 radical (unpaired) electrons. The molecule has 138 valence electrons. The molecule has 25 heavy (non-hydrogen) atoms. The fourth-order valence-electron chi connectivity index (χ4n) is 2.98. The van der Waals surface area contributed by atoms with Crippen LogP contribution in [0.2, 0.25) is 0 Å². The van der Waals surface area contributed by atoms with Gasteiger partial charge in [0, 0.05) is 19.8 Å². The predicted molar refractivity (Wildman–Crippen MR) is 82.8 cm³/mol. The van der Waals surface area contributed by atoms with E-state index >= 15 is 0 Å². The number of benzene rings is 1. The normalized spacial score (nSPS) is 17.1. The van der Waals surface area contributed by atoms with Gasteiger partial charge in [-0.3, -0.25) is 9.59 Å². The summed E-state index contributed by atoms with van der Waals surface area (Å²) in [5.74, 6) is -2.54. The van der Waals surface area contributed by atoms with Crippen molar-refractivity contribution in [1.82, 2.24) is 5.32 Å². The van der Waals surface area contributed by atoms with E-state index in [1.54, 1.807) is 0 Å². The number of ether oxygens (including phenoxy) is 1. The van der Waals surface area contributed by atoms with Crippen LogP contribution in [0, 0.1) is 11.8 Å². The summed E-state index contributed by atoms with van der Waals surface area (Å²) in [6, 6.07) is 4.86. The Labute approximate surface area is 143 Å². The van der Waals surface area contributed by atoms with Gasteiger partial charge in [0.15, 0.2) is 0 Å². The number of carboxylic acid groups (broad SMARTS) is 1. The van der Waals surface area contributed by atoms with Gasteiger partial charge in [-0.1, -0.05) is 18.2 Å². The lowest BCUT2D eigenvalue weighted by molar-refractivity contribution is -0.145. The van der Waals surface area contributed by atoms with E-state index in [1.807, 2.05) is 0 Å². The summed E-state index contributed by atoms with van der Waals surface area (Å²) >= 11 is 0. The van der Waals surface area contributed by atoms with Crippen molar-refractivity contribution in [3.8, 4) is 0 Å². The first kappa shape index (κ1) is 19.2. The number of hydrogen-bond donors (Lipinski definition) is 2. The summed E-state index contributed by atoms with van der Waals surface area (Å²) in [4.78, 5) is 23.4. The van der Waals surface area contributed by atoms with E-state index in [0.717, 1.165) is 6.07 Å². The number of hydrogen-bond acceptors (Lipinski definition) is 3. The highest BCUT2D eigenvalue weighted by molar-refractivity contribution is 5.80. The van der Waals surface area contributed by atoms with Gasteiger partial charge in [-0.25, -0.2) is 0 Å². The first-order chi connectivity index (χ1) is 11.8. The zero-order chi connectivity index (χ0) is 18.4. The lowest BCUT2D eigenvalue weighted by Crippen LogP contribution is -2.39. The molecule has 0 spiro atoms. The van der Waals surface area contributed by atoms with Crippen molar-refractivity contribution in [2.24, 2.45) is 11.8 Å². The summed E-state index contributed by atoms with van der Waals surface area (Å²) in [6.45, 7) is 0.843. The smallest absolute Gasteiger partial charge is 0.416 e. The first-order valence-electron chi connectivity index (χ1n) is 8.01. The van der Waals surface area contributed by atoms with Crippen LogP contribution in [0.3, 0.4) is 0 Å². The average Bonchev–Trinajstić information content (AvgIpc) is 2.55. The minimum absolute atomic E-state index is 0.104. The van der Waals surface area contributed by atoms with Gasteiger partial charge < -0.3 is 15.2 Å². The Morgan fingerprint density at radius 1 is 1.24 bits per heavy atom. The van der Waals surface area contributed by atoms with Crippen LogP contribution >= 0.6 is 0 Å². The number of rotatable bonds is 6. The molecule has 0 aromatic heterocycles. The minimum Gasteiger partial charge on any atom is -0.481 e. The van der Waals surface area contributed by atoms with Crippen LogP contribution < -0.4 is 5.32 Å². The lowest BCUT2D eigenvalue weighted by Gasteiger charge is -2.27. The maximum absolute atomic E-state index is 12.9. The Morgan fingerprint density at radius 2 is 1.88 bits per heavy atom. The summed E-state index contributed by atoms with van der Waals surface area (Å²) in [6.07, 6.45) is -3.81. The average molecular weight is 359 g/mol. The highest BCUT2D eigenvalue weighted by atomic mass is 19.4. The molecule has 1 amide bonds. The zero-order valence-electron chi connectivity index (χ0n) is 13.5. The molecule has 0 aliphatic carbocycles. The van der Waals surface area contributed by atoms with E-state index in [9.17, 15) is 27.9 Å². The van der Waals surface area contributed by atoms with Gasteiger partial charge >= 0.3 is 12.1 Å². The number of aliphatic carboxylic acids is 1. The van der Waals surface area contributed by atoms with Crippen molar-refractivity contribution >= 4 is 11.9 Å². The van der Waals surface area contributed by atoms with Crippen molar-refractivity contribution < 1.29 is 32.6 Å². The van der Waals surface area contributed by atoms with E-state index in [1.165, 1.54) is 18.2 Å². The molecule has 1 aromatic rings. The number of amides is 1. The monoisotopic (exact) mass is 359 g/mol. The summed E-state index contributed by atoms with van der Waals surface area (Å²) in [5.41, 5.74) is -0.991. The van der Waals surface area contributed by atoms with E-state index < -0.39 is 36.0 Å². The van der Waals surface area contributed by atoms with Crippen LogP contribution in [-0.4, -0.2) is 36.7 Å². The molecule has 1 fully saturated rings. The van der Waals surface area contributed by atoms with Gasteiger partial charge in [-0.2, -0.15) is 13.2 Å². The van der Waals surface area contributed by atoms with Crippen LogP contribution in [0.5, 0.6) is 0 Å². The largest absolute Gasteiger partial charge is 0.481 e. The summed E-state index contributed by atoms with van der Waals surface area (Å²) in [7, 11) is 0.